The predicted octanol–water partition coefficient (Wildman–Crippen LogP) is 0.522. The molecule has 0 aromatic heterocycles. The fourth-order valence-corrected chi connectivity index (χ4v) is 4.46. The minimum atomic E-state index is -4.32. The second-order valence-electron chi connectivity index (χ2n) is 8.55. The Morgan fingerprint density at radius 3 is 2.43 bits per heavy atom. The Hall–Kier alpha value is -2.78. The second kappa shape index (κ2) is 12.6. The topological polar surface area (TPSA) is 190 Å². The largest absolute Gasteiger partial charge is 0.454 e. The molecule has 37 heavy (non-hydrogen) atoms. The Bertz CT molecular complexity index is 1160. The molecule has 0 aliphatic carbocycles. The zero-order valence-electron chi connectivity index (χ0n) is 20.5. The van der Waals surface area contributed by atoms with Crippen molar-refractivity contribution in [3.63, 3.8) is 0 Å². The Balaban J connectivity index is 1.90. The Morgan fingerprint density at radius 2 is 1.81 bits per heavy atom. The van der Waals surface area contributed by atoms with E-state index in [9.17, 15) is 28.5 Å². The number of benzene rings is 2. The number of aliphatic hydroxyl groups is 3. The summed E-state index contributed by atoms with van der Waals surface area (Å²) in [6.45, 7) is 2.21. The number of ether oxygens (including phenoxy) is 3. The van der Waals surface area contributed by atoms with Gasteiger partial charge in [0.05, 0.1) is 5.69 Å². The van der Waals surface area contributed by atoms with Crippen LogP contribution in [-0.2, 0) is 19.5 Å². The summed E-state index contributed by atoms with van der Waals surface area (Å²) < 4.78 is 41.3. The molecule has 7 N–H and O–H groups in total. The molecule has 1 fully saturated rings. The molecule has 1 amide bonds. The van der Waals surface area contributed by atoms with Crippen molar-refractivity contribution in [2.45, 2.75) is 55.4 Å². The van der Waals surface area contributed by atoms with Crippen LogP contribution in [-0.4, -0.2) is 80.5 Å². The molecule has 13 heteroatoms. The van der Waals surface area contributed by atoms with Crippen molar-refractivity contribution in [2.75, 3.05) is 25.5 Å². The van der Waals surface area contributed by atoms with E-state index in [-0.39, 0.29) is 23.5 Å². The minimum absolute atomic E-state index is 0.0439. The number of carbonyl (C=O) groups excluding carboxylic acids is 1. The maximum atomic E-state index is 13.0. The number of amides is 1. The number of para-hydroxylation sites is 1. The molecule has 0 saturated carbocycles. The lowest BCUT2D eigenvalue weighted by Gasteiger charge is -2.39. The van der Waals surface area contributed by atoms with Gasteiger partial charge in [0, 0.05) is 25.8 Å². The van der Waals surface area contributed by atoms with Crippen molar-refractivity contribution < 1.29 is 42.7 Å². The second-order valence-corrected chi connectivity index (χ2v) is 10.1. The molecular formula is C24H33N3O9S. The Morgan fingerprint density at radius 1 is 1.11 bits per heavy atom. The van der Waals surface area contributed by atoms with Crippen molar-refractivity contribution in [3.8, 4) is 11.5 Å². The monoisotopic (exact) mass is 539 g/mol. The van der Waals surface area contributed by atoms with Gasteiger partial charge in [-0.2, -0.15) is 0 Å². The maximum Gasteiger partial charge on any atom is 0.251 e. The number of unbranched alkanes of at least 4 members (excludes halogenated alkanes) is 1. The number of carbonyl (C=O) groups is 1. The number of primary sulfonamides is 1. The van der Waals surface area contributed by atoms with Crippen LogP contribution in [0.1, 0.15) is 30.1 Å². The first kappa shape index (κ1) is 28.8. The van der Waals surface area contributed by atoms with Crippen LogP contribution in [0.5, 0.6) is 11.5 Å². The fourth-order valence-electron chi connectivity index (χ4n) is 3.76. The average Bonchev–Trinajstić information content (AvgIpc) is 2.87. The van der Waals surface area contributed by atoms with E-state index in [0.717, 1.165) is 18.9 Å². The molecule has 0 bridgehead atoms. The summed E-state index contributed by atoms with van der Waals surface area (Å²) >= 11 is 0. The van der Waals surface area contributed by atoms with E-state index in [1.807, 2.05) is 6.92 Å². The lowest BCUT2D eigenvalue weighted by molar-refractivity contribution is -0.288. The fraction of sp³-hybridized carbons (Fsp3) is 0.458. The molecule has 2 aromatic carbocycles. The standard InChI is InChI=1S/C24H33N3O9S/c1-3-4-10-26-16-11-14(12-18(37(25,32)33)22(16)35-15-8-6-5-7-9-15)23(31)27-13-17-19(28)20(29)21(30)24(34-2)36-17/h5-9,11-12,17,19-21,24,26,28-30H,3-4,10,13H2,1-2H3,(H,27,31)(H2,25,32,33)/t17-,19-,20+,21+,24?/m1/s1. The van der Waals surface area contributed by atoms with Gasteiger partial charge in [-0.15, -0.1) is 0 Å². The lowest BCUT2D eigenvalue weighted by Crippen LogP contribution is -2.60. The van der Waals surface area contributed by atoms with Gasteiger partial charge in [0.15, 0.2) is 12.0 Å². The first-order valence-electron chi connectivity index (χ1n) is 11.7. The van der Waals surface area contributed by atoms with Gasteiger partial charge >= 0.3 is 0 Å². The first-order chi connectivity index (χ1) is 17.6. The molecule has 12 nitrogen and oxygen atoms in total. The number of nitrogens with one attached hydrogen (secondary N) is 2. The Labute approximate surface area is 215 Å². The summed E-state index contributed by atoms with van der Waals surface area (Å²) in [4.78, 5) is 12.6. The van der Waals surface area contributed by atoms with Gasteiger partial charge in [-0.1, -0.05) is 31.5 Å². The number of sulfonamides is 1. The summed E-state index contributed by atoms with van der Waals surface area (Å²) in [6.07, 6.45) is -5.20. The third-order valence-electron chi connectivity index (χ3n) is 5.80. The molecular weight excluding hydrogens is 506 g/mol. The normalized spacial score (nSPS) is 23.9. The van der Waals surface area contributed by atoms with Crippen molar-refractivity contribution in [2.24, 2.45) is 5.14 Å². The highest BCUT2D eigenvalue weighted by molar-refractivity contribution is 7.89. The molecule has 0 spiro atoms. The minimum Gasteiger partial charge on any atom is -0.454 e. The van der Waals surface area contributed by atoms with E-state index in [4.69, 9.17) is 19.3 Å². The van der Waals surface area contributed by atoms with Gasteiger partial charge in [-0.05, 0) is 30.7 Å². The summed E-state index contributed by atoms with van der Waals surface area (Å²) in [5.74, 6) is -0.368. The molecule has 1 unspecified atom stereocenters. The third-order valence-corrected chi connectivity index (χ3v) is 6.71. The van der Waals surface area contributed by atoms with E-state index in [0.29, 0.717) is 12.3 Å². The number of hydrogen-bond acceptors (Lipinski definition) is 10. The highest BCUT2D eigenvalue weighted by Gasteiger charge is 2.44. The van der Waals surface area contributed by atoms with Gasteiger partial charge in [0.25, 0.3) is 5.91 Å². The molecule has 5 atom stereocenters. The van der Waals surface area contributed by atoms with Gasteiger partial charge in [0.2, 0.25) is 10.0 Å². The lowest BCUT2D eigenvalue weighted by atomic mass is 9.99. The molecule has 204 valence electrons. The van der Waals surface area contributed by atoms with Crippen LogP contribution in [0.4, 0.5) is 5.69 Å². The van der Waals surface area contributed by atoms with E-state index in [1.54, 1.807) is 30.3 Å². The van der Waals surface area contributed by atoms with Crippen LogP contribution in [0.3, 0.4) is 0 Å². The summed E-state index contributed by atoms with van der Waals surface area (Å²) in [7, 11) is -3.06. The quantitative estimate of drug-likeness (QED) is 0.220. The van der Waals surface area contributed by atoms with Gasteiger partial charge in [-0.25, -0.2) is 13.6 Å². The number of methoxy groups -OCH3 is 1. The number of nitrogens with two attached hydrogens (primary N) is 1. The zero-order chi connectivity index (χ0) is 27.2. The van der Waals surface area contributed by atoms with Crippen molar-refractivity contribution in [3.05, 3.63) is 48.0 Å². The van der Waals surface area contributed by atoms with Crippen LogP contribution < -0.4 is 20.5 Å². The summed E-state index contributed by atoms with van der Waals surface area (Å²) in [6, 6.07) is 11.1. The van der Waals surface area contributed by atoms with Crippen molar-refractivity contribution in [1.29, 1.82) is 0 Å². The average molecular weight is 540 g/mol. The van der Waals surface area contributed by atoms with E-state index >= 15 is 0 Å². The number of hydrogen-bond donors (Lipinski definition) is 6. The highest BCUT2D eigenvalue weighted by Crippen LogP contribution is 2.37. The number of anilines is 1. The van der Waals surface area contributed by atoms with Crippen LogP contribution >= 0.6 is 0 Å². The van der Waals surface area contributed by atoms with E-state index in [2.05, 4.69) is 10.6 Å². The molecule has 0 radical (unpaired) electrons. The van der Waals surface area contributed by atoms with Crippen LogP contribution in [0.2, 0.25) is 0 Å². The molecule has 1 heterocycles. The SMILES string of the molecule is CCCCNc1cc(C(=O)NC[C@H]2OC(OC)[C@@H](O)[C@@H](O)[C@@H]2O)cc(S(N)(=O)=O)c1Oc1ccccc1. The molecule has 2 aromatic rings. The third kappa shape index (κ3) is 7.17. The zero-order valence-corrected chi connectivity index (χ0v) is 21.3. The highest BCUT2D eigenvalue weighted by atomic mass is 32.2. The van der Waals surface area contributed by atoms with Crippen LogP contribution in [0, 0.1) is 0 Å². The van der Waals surface area contributed by atoms with Gasteiger partial charge < -0.3 is 40.2 Å². The van der Waals surface area contributed by atoms with Gasteiger partial charge in [-0.3, -0.25) is 4.79 Å². The van der Waals surface area contributed by atoms with Gasteiger partial charge in [0.1, 0.15) is 35.1 Å². The molecule has 1 aliphatic rings. The maximum absolute atomic E-state index is 13.0. The first-order valence-corrected chi connectivity index (χ1v) is 13.3. The Kier molecular flexibility index (Phi) is 9.84. The van der Waals surface area contributed by atoms with Crippen molar-refractivity contribution in [1.82, 2.24) is 5.32 Å². The predicted molar refractivity (Wildman–Crippen MR) is 134 cm³/mol. The van der Waals surface area contributed by atoms with Crippen LogP contribution in [0.15, 0.2) is 47.4 Å². The van der Waals surface area contributed by atoms with Crippen LogP contribution in [0.25, 0.3) is 0 Å². The summed E-state index contributed by atoms with van der Waals surface area (Å²) in [5, 5.41) is 41.3. The van der Waals surface area contributed by atoms with E-state index in [1.165, 1.54) is 13.2 Å². The smallest absolute Gasteiger partial charge is 0.251 e. The summed E-state index contributed by atoms with van der Waals surface area (Å²) in [5.41, 5.74) is 0.207. The number of rotatable bonds is 11. The molecule has 3 rings (SSSR count). The molecule has 1 aliphatic heterocycles. The number of aliphatic hydroxyl groups excluding tert-OH is 3. The van der Waals surface area contributed by atoms with E-state index < -0.39 is 51.5 Å². The van der Waals surface area contributed by atoms with Crippen molar-refractivity contribution >= 4 is 21.6 Å². The molecule has 1 saturated heterocycles.